The van der Waals surface area contributed by atoms with Crippen LogP contribution in [0.15, 0.2) is 77.8 Å². The van der Waals surface area contributed by atoms with Gasteiger partial charge in [0.05, 0.1) is 21.8 Å². The van der Waals surface area contributed by atoms with Gasteiger partial charge in [-0.2, -0.15) is 0 Å². The van der Waals surface area contributed by atoms with E-state index in [1.165, 1.54) is 15.1 Å². The highest BCUT2D eigenvalue weighted by molar-refractivity contribution is 7.90. The van der Waals surface area contributed by atoms with Crippen molar-refractivity contribution >= 4 is 20.9 Å². The minimum absolute atomic E-state index is 0.272. The molecule has 0 saturated heterocycles. The van der Waals surface area contributed by atoms with Crippen LogP contribution >= 0.6 is 0 Å². The summed E-state index contributed by atoms with van der Waals surface area (Å²) >= 11 is 0. The van der Waals surface area contributed by atoms with Crippen LogP contribution in [0.25, 0.3) is 22.3 Å². The Morgan fingerprint density at radius 2 is 1.59 bits per heavy atom. The highest BCUT2D eigenvalue weighted by Gasteiger charge is 2.25. The first kappa shape index (κ1) is 16.3. The maximum atomic E-state index is 13.5. The molecule has 0 aliphatic heterocycles. The van der Waals surface area contributed by atoms with Crippen molar-refractivity contribution in [2.45, 2.75) is 24.2 Å². The Labute approximate surface area is 158 Å². The molecule has 134 valence electrons. The number of para-hydroxylation sites is 1. The van der Waals surface area contributed by atoms with Gasteiger partial charge in [0.1, 0.15) is 0 Å². The number of fused-ring (bicyclic) bond motifs is 2. The van der Waals surface area contributed by atoms with Crippen LogP contribution in [-0.2, 0) is 22.9 Å². The average molecular weight is 374 g/mol. The molecule has 0 atom stereocenters. The summed E-state index contributed by atoms with van der Waals surface area (Å²) in [7, 11) is -3.74. The van der Waals surface area contributed by atoms with Gasteiger partial charge in [0.15, 0.2) is 0 Å². The van der Waals surface area contributed by atoms with Crippen molar-refractivity contribution < 1.29 is 8.42 Å². The second-order valence-electron chi connectivity index (χ2n) is 6.86. The molecular formula is C22H18N2O2S. The van der Waals surface area contributed by atoms with E-state index in [1.54, 1.807) is 24.3 Å². The van der Waals surface area contributed by atoms with Crippen molar-refractivity contribution in [2.24, 2.45) is 0 Å². The second kappa shape index (κ2) is 6.06. The van der Waals surface area contributed by atoms with Crippen LogP contribution in [0, 0.1) is 0 Å². The molecule has 0 radical (unpaired) electrons. The fourth-order valence-corrected chi connectivity index (χ4v) is 5.40. The van der Waals surface area contributed by atoms with Gasteiger partial charge in [-0.25, -0.2) is 12.4 Å². The van der Waals surface area contributed by atoms with Crippen LogP contribution in [0.1, 0.15) is 17.5 Å². The Kier molecular flexibility index (Phi) is 3.65. The minimum Gasteiger partial charge on any atom is -0.254 e. The zero-order valence-corrected chi connectivity index (χ0v) is 15.5. The number of aromatic nitrogens is 2. The Bertz CT molecular complexity index is 1260. The lowest BCUT2D eigenvalue weighted by molar-refractivity contribution is 0.589. The molecule has 0 bridgehead atoms. The zero-order chi connectivity index (χ0) is 18.4. The van der Waals surface area contributed by atoms with E-state index in [-0.39, 0.29) is 4.90 Å². The van der Waals surface area contributed by atoms with Crippen LogP contribution in [0.4, 0.5) is 0 Å². The fourth-order valence-electron chi connectivity index (χ4n) is 3.86. The Morgan fingerprint density at radius 3 is 2.44 bits per heavy atom. The van der Waals surface area contributed by atoms with Gasteiger partial charge in [-0.3, -0.25) is 4.98 Å². The lowest BCUT2D eigenvalue weighted by Gasteiger charge is -2.12. The van der Waals surface area contributed by atoms with Gasteiger partial charge in [-0.15, -0.1) is 0 Å². The Hall–Kier alpha value is -2.92. The number of pyridine rings is 1. The van der Waals surface area contributed by atoms with Crippen molar-refractivity contribution in [3.63, 3.8) is 0 Å². The summed E-state index contributed by atoms with van der Waals surface area (Å²) in [5.41, 5.74) is 4.51. The molecule has 4 aromatic rings. The maximum absolute atomic E-state index is 13.5. The monoisotopic (exact) mass is 374 g/mol. The third-order valence-electron chi connectivity index (χ3n) is 5.19. The number of nitrogens with zero attached hydrogens (tertiary/aromatic N) is 2. The van der Waals surface area contributed by atoms with Gasteiger partial charge >= 0.3 is 0 Å². The molecule has 0 fully saturated rings. The number of rotatable bonds is 3. The Morgan fingerprint density at radius 1 is 0.852 bits per heavy atom. The minimum atomic E-state index is -3.74. The van der Waals surface area contributed by atoms with Gasteiger partial charge in [0.2, 0.25) is 0 Å². The normalized spacial score (nSPS) is 13.8. The fraction of sp³-hybridized carbons (Fsp3) is 0.136. The van der Waals surface area contributed by atoms with E-state index in [0.717, 1.165) is 24.6 Å². The molecule has 1 aliphatic carbocycles. The van der Waals surface area contributed by atoms with Crippen LogP contribution in [0.3, 0.4) is 0 Å². The van der Waals surface area contributed by atoms with Gasteiger partial charge in [0, 0.05) is 11.6 Å². The average Bonchev–Trinajstić information content (AvgIpc) is 3.32. The van der Waals surface area contributed by atoms with Crippen molar-refractivity contribution in [1.29, 1.82) is 0 Å². The highest BCUT2D eigenvalue weighted by Crippen LogP contribution is 2.33. The summed E-state index contributed by atoms with van der Waals surface area (Å²) in [5, 5.41) is 0.884. The molecule has 0 spiro atoms. The van der Waals surface area contributed by atoms with Crippen LogP contribution in [0.2, 0.25) is 0 Å². The van der Waals surface area contributed by atoms with Gasteiger partial charge in [-0.1, -0.05) is 36.4 Å². The van der Waals surface area contributed by atoms with E-state index in [1.807, 2.05) is 48.7 Å². The molecule has 1 aliphatic rings. The third kappa shape index (κ3) is 2.58. The quantitative estimate of drug-likeness (QED) is 0.533. The summed E-state index contributed by atoms with van der Waals surface area (Å²) in [5.74, 6) is 0. The molecular weight excluding hydrogens is 356 g/mol. The topological polar surface area (TPSA) is 52.0 Å². The SMILES string of the molecule is O=S(=O)(c1ccccc1)n1c(-c2cc3c(cn2)CCC3)cc2ccccc21. The predicted molar refractivity (Wildman–Crippen MR) is 106 cm³/mol. The summed E-state index contributed by atoms with van der Waals surface area (Å²) < 4.78 is 28.4. The molecule has 0 amide bonds. The lowest BCUT2D eigenvalue weighted by atomic mass is 10.1. The van der Waals surface area contributed by atoms with Gasteiger partial charge < -0.3 is 0 Å². The first-order valence-electron chi connectivity index (χ1n) is 9.04. The van der Waals surface area contributed by atoms with E-state index >= 15 is 0 Å². The van der Waals surface area contributed by atoms with Gasteiger partial charge in [0.25, 0.3) is 10.0 Å². The third-order valence-corrected chi connectivity index (χ3v) is 6.93. The molecule has 2 aromatic carbocycles. The molecule has 27 heavy (non-hydrogen) atoms. The van der Waals surface area contributed by atoms with Crippen LogP contribution in [-0.4, -0.2) is 17.4 Å². The van der Waals surface area contributed by atoms with Crippen molar-refractivity contribution in [1.82, 2.24) is 8.96 Å². The zero-order valence-electron chi connectivity index (χ0n) is 14.7. The van der Waals surface area contributed by atoms with Crippen molar-refractivity contribution in [3.05, 3.63) is 84.1 Å². The van der Waals surface area contributed by atoms with Crippen molar-refractivity contribution in [3.8, 4) is 11.4 Å². The van der Waals surface area contributed by atoms with Crippen LogP contribution in [0.5, 0.6) is 0 Å². The largest absolute Gasteiger partial charge is 0.268 e. The lowest BCUT2D eigenvalue weighted by Crippen LogP contribution is -2.14. The molecule has 5 rings (SSSR count). The summed E-state index contributed by atoms with van der Waals surface area (Å²) in [6, 6.07) is 20.1. The first-order chi connectivity index (χ1) is 13.1. The first-order valence-corrected chi connectivity index (χ1v) is 10.5. The number of hydrogen-bond donors (Lipinski definition) is 0. The number of benzene rings is 2. The molecule has 0 saturated carbocycles. The molecule has 2 aromatic heterocycles. The van der Waals surface area contributed by atoms with E-state index < -0.39 is 10.0 Å². The maximum Gasteiger partial charge on any atom is 0.268 e. The summed E-state index contributed by atoms with van der Waals surface area (Å²) in [6.07, 6.45) is 5.10. The standard InChI is InChI=1S/C22H18N2O2S/c25-27(26,19-10-2-1-3-11-19)24-21-12-5-4-7-17(21)14-22(24)20-13-16-8-6-9-18(16)15-23-20/h1-5,7,10-15H,6,8-9H2. The highest BCUT2D eigenvalue weighted by atomic mass is 32.2. The van der Waals surface area contributed by atoms with Crippen LogP contribution < -0.4 is 0 Å². The summed E-state index contributed by atoms with van der Waals surface area (Å²) in [4.78, 5) is 4.87. The molecule has 5 heteroatoms. The summed E-state index contributed by atoms with van der Waals surface area (Å²) in [6.45, 7) is 0. The molecule has 2 heterocycles. The van der Waals surface area contributed by atoms with E-state index in [0.29, 0.717) is 16.9 Å². The van der Waals surface area contributed by atoms with E-state index in [4.69, 9.17) is 0 Å². The second-order valence-corrected chi connectivity index (χ2v) is 8.65. The molecule has 0 unspecified atom stereocenters. The molecule has 0 N–H and O–H groups in total. The smallest absolute Gasteiger partial charge is 0.254 e. The predicted octanol–water partition coefficient (Wildman–Crippen LogP) is 4.43. The molecule has 4 nitrogen and oxygen atoms in total. The van der Waals surface area contributed by atoms with Crippen molar-refractivity contribution in [2.75, 3.05) is 0 Å². The van der Waals surface area contributed by atoms with Gasteiger partial charge in [-0.05, 0) is 60.7 Å². The number of hydrogen-bond acceptors (Lipinski definition) is 3. The Balaban J connectivity index is 1.80. The van der Waals surface area contributed by atoms with E-state index in [9.17, 15) is 8.42 Å². The number of aryl methyl sites for hydroxylation is 2. The van der Waals surface area contributed by atoms with E-state index in [2.05, 4.69) is 4.98 Å².